The minimum atomic E-state index is 0.263. The first-order valence-corrected chi connectivity index (χ1v) is 11.2. The summed E-state index contributed by atoms with van der Waals surface area (Å²) >= 11 is 0. The Morgan fingerprint density at radius 2 is 2.00 bits per heavy atom. The summed E-state index contributed by atoms with van der Waals surface area (Å²) in [7, 11) is 0. The van der Waals surface area contributed by atoms with Crippen molar-refractivity contribution in [3.05, 3.63) is 30.6 Å². The number of nitrogens with zero attached hydrogens (tertiary/aromatic N) is 4. The molecular weight excluding hydrogens is 364 g/mol. The maximum Gasteiger partial charge on any atom is 0.222 e. The molecular formula is C23H32N4O2. The molecule has 29 heavy (non-hydrogen) atoms. The Morgan fingerprint density at radius 1 is 1.14 bits per heavy atom. The highest BCUT2D eigenvalue weighted by molar-refractivity contribution is 5.77. The number of hydrogen-bond acceptors (Lipinski definition) is 4. The lowest BCUT2D eigenvalue weighted by atomic mass is 9.72. The third-order valence-electron chi connectivity index (χ3n) is 7.30. The van der Waals surface area contributed by atoms with E-state index in [2.05, 4.69) is 37.5 Å². The fourth-order valence-corrected chi connectivity index (χ4v) is 5.40. The molecule has 1 aromatic carbocycles. The summed E-state index contributed by atoms with van der Waals surface area (Å²) in [5, 5.41) is 0. The molecule has 3 fully saturated rings. The maximum absolute atomic E-state index is 12.5. The van der Waals surface area contributed by atoms with E-state index in [4.69, 9.17) is 4.74 Å². The molecule has 3 saturated heterocycles. The van der Waals surface area contributed by atoms with E-state index in [1.807, 2.05) is 12.4 Å². The van der Waals surface area contributed by atoms with Gasteiger partial charge in [0.05, 0.1) is 23.5 Å². The normalized spacial score (nSPS) is 25.3. The lowest BCUT2D eigenvalue weighted by Gasteiger charge is -2.48. The largest absolute Gasteiger partial charge is 0.376 e. The highest BCUT2D eigenvalue weighted by atomic mass is 16.5. The number of fused-ring (bicyclic) bond motifs is 1. The molecule has 3 aliphatic heterocycles. The average molecular weight is 397 g/mol. The van der Waals surface area contributed by atoms with Crippen LogP contribution in [-0.2, 0) is 16.1 Å². The molecule has 0 aliphatic carbocycles. The number of imidazole rings is 1. The van der Waals surface area contributed by atoms with E-state index < -0.39 is 0 Å². The molecule has 3 aliphatic rings. The van der Waals surface area contributed by atoms with Gasteiger partial charge in [-0.3, -0.25) is 4.79 Å². The minimum Gasteiger partial charge on any atom is -0.376 e. The summed E-state index contributed by atoms with van der Waals surface area (Å²) in [4.78, 5) is 21.7. The van der Waals surface area contributed by atoms with Gasteiger partial charge in [-0.2, -0.15) is 0 Å². The van der Waals surface area contributed by atoms with Crippen LogP contribution in [-0.4, -0.2) is 70.7 Å². The Hall–Kier alpha value is -1.92. The Morgan fingerprint density at radius 3 is 2.83 bits per heavy atom. The number of piperidine rings is 2. The number of ether oxygens (including phenoxy) is 1. The Balaban J connectivity index is 1.15. The molecule has 6 heteroatoms. The average Bonchev–Trinajstić information content (AvgIpc) is 3.41. The first-order chi connectivity index (χ1) is 14.2. The predicted molar refractivity (Wildman–Crippen MR) is 113 cm³/mol. The number of hydrogen-bond donors (Lipinski definition) is 0. The van der Waals surface area contributed by atoms with Gasteiger partial charge in [0.1, 0.15) is 0 Å². The van der Waals surface area contributed by atoms with E-state index in [9.17, 15) is 4.79 Å². The summed E-state index contributed by atoms with van der Waals surface area (Å²) in [6.45, 7) is 6.91. The van der Waals surface area contributed by atoms with Gasteiger partial charge in [0.2, 0.25) is 5.91 Å². The monoisotopic (exact) mass is 396 g/mol. The summed E-state index contributed by atoms with van der Waals surface area (Å²) in [6, 6.07) is 8.34. The van der Waals surface area contributed by atoms with Crippen LogP contribution in [0.1, 0.15) is 38.5 Å². The molecule has 0 saturated carbocycles. The van der Waals surface area contributed by atoms with Gasteiger partial charge in [0, 0.05) is 39.2 Å². The third-order valence-corrected chi connectivity index (χ3v) is 7.30. The number of amides is 1. The third kappa shape index (κ3) is 4.05. The van der Waals surface area contributed by atoms with Crippen LogP contribution in [0.5, 0.6) is 0 Å². The first-order valence-electron chi connectivity index (χ1n) is 11.2. The number of para-hydroxylation sites is 2. The SMILES string of the molecule is O=C1CCC2(CCN(CCn3cnc4ccccc43)CC2)CN1C[C@@H]1CCCO1. The molecule has 6 nitrogen and oxygen atoms in total. The number of carbonyl (C=O) groups excluding carboxylic acids is 1. The molecule has 5 rings (SSSR count). The topological polar surface area (TPSA) is 50.6 Å². The molecule has 0 bridgehead atoms. The van der Waals surface area contributed by atoms with Gasteiger partial charge in [-0.15, -0.1) is 0 Å². The van der Waals surface area contributed by atoms with Crippen molar-refractivity contribution in [2.45, 2.75) is 51.2 Å². The molecule has 0 N–H and O–H groups in total. The number of aromatic nitrogens is 2. The van der Waals surface area contributed by atoms with Gasteiger partial charge in [0.25, 0.3) is 0 Å². The van der Waals surface area contributed by atoms with Crippen LogP contribution in [0.25, 0.3) is 11.0 Å². The number of likely N-dealkylation sites (tertiary alicyclic amines) is 2. The molecule has 1 aromatic heterocycles. The lowest BCUT2D eigenvalue weighted by Crippen LogP contribution is -2.53. The fourth-order valence-electron chi connectivity index (χ4n) is 5.40. The zero-order valence-corrected chi connectivity index (χ0v) is 17.3. The molecule has 1 spiro atoms. The highest BCUT2D eigenvalue weighted by Crippen LogP contribution is 2.40. The van der Waals surface area contributed by atoms with Crippen LogP contribution in [0, 0.1) is 5.41 Å². The van der Waals surface area contributed by atoms with E-state index >= 15 is 0 Å². The predicted octanol–water partition coefficient (Wildman–Crippen LogP) is 2.92. The number of benzene rings is 1. The van der Waals surface area contributed by atoms with Crippen molar-refractivity contribution in [1.82, 2.24) is 19.4 Å². The summed E-state index contributed by atoms with van der Waals surface area (Å²) < 4.78 is 8.05. The summed E-state index contributed by atoms with van der Waals surface area (Å²) in [5.41, 5.74) is 2.62. The number of rotatable bonds is 5. The quantitative estimate of drug-likeness (QED) is 0.780. The number of carbonyl (C=O) groups is 1. The van der Waals surface area contributed by atoms with Crippen molar-refractivity contribution in [3.8, 4) is 0 Å². The molecule has 1 atom stereocenters. The second kappa shape index (κ2) is 8.07. The molecule has 0 unspecified atom stereocenters. The minimum absolute atomic E-state index is 0.263. The molecule has 4 heterocycles. The fraction of sp³-hybridized carbons (Fsp3) is 0.652. The summed E-state index contributed by atoms with van der Waals surface area (Å²) in [5.74, 6) is 0.334. The van der Waals surface area contributed by atoms with Gasteiger partial charge in [0.15, 0.2) is 0 Å². The molecule has 2 aromatic rings. The van der Waals surface area contributed by atoms with Crippen LogP contribution in [0.3, 0.4) is 0 Å². The van der Waals surface area contributed by atoms with Crippen molar-refractivity contribution < 1.29 is 9.53 Å². The van der Waals surface area contributed by atoms with Gasteiger partial charge in [-0.1, -0.05) is 12.1 Å². The van der Waals surface area contributed by atoms with E-state index in [1.54, 1.807) is 0 Å². The zero-order chi connectivity index (χ0) is 19.7. The van der Waals surface area contributed by atoms with Crippen molar-refractivity contribution >= 4 is 16.9 Å². The molecule has 0 radical (unpaired) electrons. The second-order valence-electron chi connectivity index (χ2n) is 9.18. The van der Waals surface area contributed by atoms with E-state index in [0.29, 0.717) is 17.7 Å². The highest BCUT2D eigenvalue weighted by Gasteiger charge is 2.41. The second-order valence-corrected chi connectivity index (χ2v) is 9.18. The first kappa shape index (κ1) is 19.1. The van der Waals surface area contributed by atoms with E-state index in [0.717, 1.165) is 70.7 Å². The van der Waals surface area contributed by atoms with Crippen LogP contribution in [0.15, 0.2) is 30.6 Å². The van der Waals surface area contributed by atoms with E-state index in [1.165, 1.54) is 18.4 Å². The maximum atomic E-state index is 12.5. The Bertz CT molecular complexity index is 849. The van der Waals surface area contributed by atoms with Crippen molar-refractivity contribution in [3.63, 3.8) is 0 Å². The Labute approximate surface area is 172 Å². The smallest absolute Gasteiger partial charge is 0.222 e. The van der Waals surface area contributed by atoms with Crippen LogP contribution < -0.4 is 0 Å². The van der Waals surface area contributed by atoms with Gasteiger partial charge < -0.3 is 19.1 Å². The van der Waals surface area contributed by atoms with Gasteiger partial charge >= 0.3 is 0 Å². The van der Waals surface area contributed by atoms with Crippen LogP contribution in [0.4, 0.5) is 0 Å². The zero-order valence-electron chi connectivity index (χ0n) is 17.3. The van der Waals surface area contributed by atoms with Crippen LogP contribution in [0.2, 0.25) is 0 Å². The van der Waals surface area contributed by atoms with Crippen molar-refractivity contribution in [2.75, 3.05) is 39.3 Å². The van der Waals surface area contributed by atoms with Crippen molar-refractivity contribution in [2.24, 2.45) is 5.41 Å². The standard InChI is InChI=1S/C23H32N4O2/c28-22-7-8-23(17-27(22)16-19-4-3-15-29-19)9-11-25(12-10-23)13-14-26-18-24-20-5-1-2-6-21(20)26/h1-2,5-6,18-19H,3-4,7-17H2/t19-/m0/s1. The van der Waals surface area contributed by atoms with Crippen molar-refractivity contribution in [1.29, 1.82) is 0 Å². The van der Waals surface area contributed by atoms with E-state index in [-0.39, 0.29) is 6.10 Å². The van der Waals surface area contributed by atoms with Gasteiger partial charge in [-0.25, -0.2) is 4.98 Å². The van der Waals surface area contributed by atoms with Crippen LogP contribution >= 0.6 is 0 Å². The summed E-state index contributed by atoms with van der Waals surface area (Å²) in [6.07, 6.45) is 8.65. The molecule has 156 valence electrons. The lowest BCUT2D eigenvalue weighted by molar-refractivity contribution is -0.141. The van der Waals surface area contributed by atoms with Gasteiger partial charge in [-0.05, 0) is 62.7 Å². The molecule has 1 amide bonds. The Kier molecular flexibility index (Phi) is 5.31.